The van der Waals surface area contributed by atoms with Gasteiger partial charge in [0.25, 0.3) is 5.56 Å². The Morgan fingerprint density at radius 1 is 1.48 bits per heavy atom. The Hall–Kier alpha value is -1.30. The molecule has 116 valence electrons. The number of hydrogen-bond donors (Lipinski definition) is 1. The zero-order valence-corrected chi connectivity index (χ0v) is 13.9. The lowest BCUT2D eigenvalue weighted by molar-refractivity contribution is -0.121. The van der Waals surface area contributed by atoms with Gasteiger partial charge in [0.2, 0.25) is 5.91 Å². The van der Waals surface area contributed by atoms with Crippen molar-refractivity contribution in [3.63, 3.8) is 0 Å². The summed E-state index contributed by atoms with van der Waals surface area (Å²) < 4.78 is 1.67. The number of nitrogens with one attached hydrogen (secondary N) is 1. The number of carbonyl (C=O) groups excluding carboxylic acids is 1. The van der Waals surface area contributed by atoms with Gasteiger partial charge in [-0.3, -0.25) is 14.2 Å². The van der Waals surface area contributed by atoms with Crippen LogP contribution in [-0.4, -0.2) is 27.8 Å². The Morgan fingerprint density at radius 2 is 2.19 bits per heavy atom. The van der Waals surface area contributed by atoms with Gasteiger partial charge in [0.15, 0.2) is 5.16 Å². The van der Waals surface area contributed by atoms with Crippen LogP contribution in [0, 0.1) is 5.92 Å². The lowest BCUT2D eigenvalue weighted by Crippen LogP contribution is -2.32. The highest BCUT2D eigenvalue weighted by Crippen LogP contribution is 2.32. The average molecular weight is 309 g/mol. The molecule has 2 heterocycles. The van der Waals surface area contributed by atoms with Crippen LogP contribution in [0.25, 0.3) is 0 Å². The number of amides is 1. The van der Waals surface area contributed by atoms with E-state index in [2.05, 4.69) is 24.1 Å². The maximum absolute atomic E-state index is 12.3. The van der Waals surface area contributed by atoms with E-state index in [1.807, 2.05) is 13.8 Å². The van der Waals surface area contributed by atoms with Crippen LogP contribution in [0.2, 0.25) is 0 Å². The van der Waals surface area contributed by atoms with Crippen molar-refractivity contribution >= 4 is 17.7 Å². The van der Waals surface area contributed by atoms with Gasteiger partial charge in [-0.05, 0) is 11.8 Å². The van der Waals surface area contributed by atoms with Crippen LogP contribution in [0.3, 0.4) is 0 Å². The molecular formula is C15H23N3O2S. The highest BCUT2D eigenvalue weighted by Gasteiger charge is 2.27. The second-order valence-electron chi connectivity index (χ2n) is 6.19. The maximum atomic E-state index is 12.3. The van der Waals surface area contributed by atoms with Crippen LogP contribution in [0.1, 0.15) is 51.8 Å². The fourth-order valence-corrected chi connectivity index (χ4v) is 3.38. The van der Waals surface area contributed by atoms with Gasteiger partial charge in [0.05, 0.1) is 11.7 Å². The molecule has 1 aromatic heterocycles. The van der Waals surface area contributed by atoms with Gasteiger partial charge in [-0.1, -0.05) is 39.5 Å². The fraction of sp³-hybridized carbons (Fsp3) is 0.667. The zero-order chi connectivity index (χ0) is 15.6. The summed E-state index contributed by atoms with van der Waals surface area (Å²) in [6.07, 6.45) is 0.343. The van der Waals surface area contributed by atoms with Gasteiger partial charge in [0, 0.05) is 24.8 Å². The van der Waals surface area contributed by atoms with Gasteiger partial charge in [-0.15, -0.1) is 0 Å². The van der Waals surface area contributed by atoms with Crippen LogP contribution in [0.5, 0.6) is 0 Å². The van der Waals surface area contributed by atoms with Crippen molar-refractivity contribution in [1.82, 2.24) is 14.9 Å². The van der Waals surface area contributed by atoms with Crippen molar-refractivity contribution in [3.05, 3.63) is 22.1 Å². The topological polar surface area (TPSA) is 64.0 Å². The molecule has 0 spiro atoms. The number of fused-ring (bicyclic) bond motifs is 1. The van der Waals surface area contributed by atoms with E-state index in [4.69, 9.17) is 0 Å². The summed E-state index contributed by atoms with van der Waals surface area (Å²) in [7, 11) is 0. The molecule has 0 unspecified atom stereocenters. The summed E-state index contributed by atoms with van der Waals surface area (Å²) in [4.78, 5) is 28.8. The largest absolute Gasteiger partial charge is 0.356 e. The van der Waals surface area contributed by atoms with E-state index < -0.39 is 0 Å². The molecule has 0 saturated heterocycles. The molecule has 0 fully saturated rings. The molecule has 1 aliphatic heterocycles. The van der Waals surface area contributed by atoms with Gasteiger partial charge < -0.3 is 5.32 Å². The first-order valence-corrected chi connectivity index (χ1v) is 8.40. The van der Waals surface area contributed by atoms with E-state index in [0.29, 0.717) is 18.9 Å². The molecule has 5 nitrogen and oxygen atoms in total. The SMILES string of the molecule is CC(C)CNC(=O)C[C@@H]1CSc2nc(C(C)C)cc(=O)n21. The Labute approximate surface area is 129 Å². The predicted octanol–water partition coefficient (Wildman–Crippen LogP) is 2.18. The normalized spacial score (nSPS) is 17.3. The zero-order valence-electron chi connectivity index (χ0n) is 13.0. The summed E-state index contributed by atoms with van der Waals surface area (Å²) in [5, 5.41) is 3.65. The quantitative estimate of drug-likeness (QED) is 0.847. The molecule has 1 atom stereocenters. The highest BCUT2D eigenvalue weighted by molar-refractivity contribution is 7.99. The summed E-state index contributed by atoms with van der Waals surface area (Å²) in [5.74, 6) is 1.40. The Morgan fingerprint density at radius 3 is 2.81 bits per heavy atom. The molecule has 6 heteroatoms. The van der Waals surface area contributed by atoms with Crippen molar-refractivity contribution in [2.24, 2.45) is 5.92 Å². The third-order valence-electron chi connectivity index (χ3n) is 3.43. The lowest BCUT2D eigenvalue weighted by atomic mass is 10.1. The first-order valence-electron chi connectivity index (χ1n) is 7.41. The molecule has 0 saturated carbocycles. The van der Waals surface area contributed by atoms with Gasteiger partial charge in [-0.2, -0.15) is 0 Å². The molecule has 1 amide bonds. The monoisotopic (exact) mass is 309 g/mol. The number of carbonyl (C=O) groups is 1. The molecule has 21 heavy (non-hydrogen) atoms. The smallest absolute Gasteiger partial charge is 0.254 e. The molecule has 0 aromatic carbocycles. The predicted molar refractivity (Wildman–Crippen MR) is 84.8 cm³/mol. The van der Waals surface area contributed by atoms with Crippen LogP contribution < -0.4 is 10.9 Å². The van der Waals surface area contributed by atoms with Gasteiger partial charge in [-0.25, -0.2) is 4.98 Å². The van der Waals surface area contributed by atoms with E-state index in [1.54, 1.807) is 22.4 Å². The number of aromatic nitrogens is 2. The van der Waals surface area contributed by atoms with Crippen molar-refractivity contribution in [3.8, 4) is 0 Å². The second kappa shape index (κ2) is 6.64. The van der Waals surface area contributed by atoms with Crippen LogP contribution in [0.15, 0.2) is 16.0 Å². The van der Waals surface area contributed by atoms with Crippen LogP contribution in [0.4, 0.5) is 0 Å². The molecule has 0 bridgehead atoms. The minimum absolute atomic E-state index is 0.00184. The van der Waals surface area contributed by atoms with E-state index in [1.165, 1.54) is 0 Å². The lowest BCUT2D eigenvalue weighted by Gasteiger charge is -2.15. The average Bonchev–Trinajstić information content (AvgIpc) is 2.80. The minimum atomic E-state index is -0.0848. The van der Waals surface area contributed by atoms with Crippen LogP contribution in [-0.2, 0) is 4.79 Å². The number of nitrogens with zero attached hydrogens (tertiary/aromatic N) is 2. The summed E-state index contributed by atoms with van der Waals surface area (Å²) >= 11 is 1.56. The molecule has 2 rings (SSSR count). The second-order valence-corrected chi connectivity index (χ2v) is 7.18. The Balaban J connectivity index is 2.12. The van der Waals surface area contributed by atoms with E-state index in [0.717, 1.165) is 16.6 Å². The number of hydrogen-bond acceptors (Lipinski definition) is 4. The van der Waals surface area contributed by atoms with E-state index in [-0.39, 0.29) is 23.4 Å². The standard InChI is InChI=1S/C15H23N3O2S/c1-9(2)7-16-13(19)5-11-8-21-15-17-12(10(3)4)6-14(20)18(11)15/h6,9-11H,5,7-8H2,1-4H3,(H,16,19)/t11-/m1/s1. The number of rotatable bonds is 5. The van der Waals surface area contributed by atoms with Crippen molar-refractivity contribution in [2.45, 2.75) is 51.2 Å². The third-order valence-corrected chi connectivity index (χ3v) is 4.53. The van der Waals surface area contributed by atoms with Gasteiger partial charge >= 0.3 is 0 Å². The van der Waals surface area contributed by atoms with E-state index >= 15 is 0 Å². The molecule has 0 aliphatic carbocycles. The maximum Gasteiger partial charge on any atom is 0.254 e. The molecule has 1 aliphatic rings. The molecule has 0 radical (unpaired) electrons. The Bertz CT molecular complexity index is 581. The molecular weight excluding hydrogens is 286 g/mol. The highest BCUT2D eigenvalue weighted by atomic mass is 32.2. The molecule has 1 aromatic rings. The number of thioether (sulfide) groups is 1. The minimum Gasteiger partial charge on any atom is -0.356 e. The van der Waals surface area contributed by atoms with Crippen molar-refractivity contribution in [1.29, 1.82) is 0 Å². The summed E-state index contributed by atoms with van der Waals surface area (Å²) in [6, 6.07) is 1.51. The van der Waals surface area contributed by atoms with E-state index in [9.17, 15) is 9.59 Å². The van der Waals surface area contributed by atoms with Crippen molar-refractivity contribution in [2.75, 3.05) is 12.3 Å². The van der Waals surface area contributed by atoms with Gasteiger partial charge in [0.1, 0.15) is 0 Å². The summed E-state index contributed by atoms with van der Waals surface area (Å²) in [5.41, 5.74) is 0.777. The first-order chi connectivity index (χ1) is 9.88. The van der Waals surface area contributed by atoms with Crippen LogP contribution >= 0.6 is 11.8 Å². The molecule has 1 N–H and O–H groups in total. The fourth-order valence-electron chi connectivity index (χ4n) is 2.22. The third kappa shape index (κ3) is 3.87. The Kier molecular flexibility index (Phi) is 5.08. The van der Waals surface area contributed by atoms with Crippen molar-refractivity contribution < 1.29 is 4.79 Å². The first kappa shape index (κ1) is 16.1. The summed E-state index contributed by atoms with van der Waals surface area (Å²) in [6.45, 7) is 8.83.